The molecule has 0 nitrogen and oxygen atoms in total. The van der Waals surface area contributed by atoms with Gasteiger partial charge in [-0.05, 0) is 23.7 Å². The second-order valence-corrected chi connectivity index (χ2v) is 4.42. The maximum Gasteiger partial charge on any atom is -0.0365 e. The largest absolute Gasteiger partial charge is 0.0683 e. The molecule has 0 bridgehead atoms. The van der Waals surface area contributed by atoms with Gasteiger partial charge in [0.05, 0.1) is 0 Å². The highest BCUT2D eigenvalue weighted by atomic mass is 14.3. The van der Waals surface area contributed by atoms with Crippen LogP contribution in [0.1, 0.15) is 61.8 Å². The van der Waals surface area contributed by atoms with E-state index in [2.05, 4.69) is 41.5 Å². The van der Waals surface area contributed by atoms with E-state index in [9.17, 15) is 0 Å². The van der Waals surface area contributed by atoms with Crippen LogP contribution >= 0.6 is 0 Å². The molecule has 82 valence electrons. The molecule has 0 fully saturated rings. The van der Waals surface area contributed by atoms with Crippen LogP contribution in [0, 0.1) is 23.7 Å². The fourth-order valence-corrected chi connectivity index (χ4v) is 1.94. The van der Waals surface area contributed by atoms with E-state index in [1.165, 1.54) is 6.42 Å². The van der Waals surface area contributed by atoms with Crippen molar-refractivity contribution in [2.24, 2.45) is 23.7 Å². The maximum atomic E-state index is 2.39. The van der Waals surface area contributed by atoms with Crippen molar-refractivity contribution in [3.05, 3.63) is 0 Å². The van der Waals surface area contributed by atoms with Crippen LogP contribution in [-0.4, -0.2) is 0 Å². The molecular formula is C13H30. The Hall–Kier alpha value is 0. The summed E-state index contributed by atoms with van der Waals surface area (Å²) in [5.74, 6) is 3.47. The van der Waals surface area contributed by atoms with Crippen molar-refractivity contribution >= 4 is 0 Å². The van der Waals surface area contributed by atoms with Crippen LogP contribution < -0.4 is 0 Å². The van der Waals surface area contributed by atoms with Crippen molar-refractivity contribution in [1.82, 2.24) is 0 Å². The van der Waals surface area contributed by atoms with E-state index in [0.29, 0.717) is 0 Å². The zero-order valence-electron chi connectivity index (χ0n) is 11.0. The molecule has 0 aromatic rings. The summed E-state index contributed by atoms with van der Waals surface area (Å²) < 4.78 is 0. The highest BCUT2D eigenvalue weighted by Crippen LogP contribution is 2.29. The minimum atomic E-state index is 0.836. The summed E-state index contributed by atoms with van der Waals surface area (Å²) >= 11 is 0. The first-order valence-electron chi connectivity index (χ1n) is 6.00. The Bertz CT molecular complexity index is 92.2. The van der Waals surface area contributed by atoms with Gasteiger partial charge in [-0.1, -0.05) is 61.8 Å². The summed E-state index contributed by atoms with van der Waals surface area (Å²) in [7, 11) is 0. The smallest absolute Gasteiger partial charge is 0.0365 e. The number of hydrogen-bond acceptors (Lipinski definition) is 0. The van der Waals surface area contributed by atoms with Crippen molar-refractivity contribution in [1.29, 1.82) is 0 Å². The van der Waals surface area contributed by atoms with Crippen LogP contribution in [-0.2, 0) is 0 Å². The van der Waals surface area contributed by atoms with Gasteiger partial charge in [0.25, 0.3) is 0 Å². The van der Waals surface area contributed by atoms with Crippen LogP contribution in [0.25, 0.3) is 0 Å². The zero-order valence-corrected chi connectivity index (χ0v) is 11.0. The van der Waals surface area contributed by atoms with Gasteiger partial charge in [0, 0.05) is 0 Å². The van der Waals surface area contributed by atoms with Gasteiger partial charge < -0.3 is 0 Å². The third-order valence-corrected chi connectivity index (χ3v) is 3.05. The molecule has 0 saturated carbocycles. The Labute approximate surface area is 86.1 Å². The Kier molecular flexibility index (Phi) is 10.2. The van der Waals surface area contributed by atoms with Gasteiger partial charge in [-0.3, -0.25) is 0 Å². The molecule has 0 aliphatic carbocycles. The lowest BCUT2D eigenvalue weighted by atomic mass is 9.77. The second-order valence-electron chi connectivity index (χ2n) is 4.42. The van der Waals surface area contributed by atoms with Crippen LogP contribution in [0.15, 0.2) is 0 Å². The second kappa shape index (κ2) is 8.59. The van der Waals surface area contributed by atoms with Gasteiger partial charge in [0.1, 0.15) is 0 Å². The molecule has 0 aliphatic heterocycles. The lowest BCUT2D eigenvalue weighted by Gasteiger charge is -2.29. The molecule has 2 atom stereocenters. The van der Waals surface area contributed by atoms with Crippen LogP contribution in [0.4, 0.5) is 0 Å². The molecule has 0 heteroatoms. The summed E-state index contributed by atoms with van der Waals surface area (Å²) in [4.78, 5) is 0. The molecule has 0 aliphatic rings. The predicted octanol–water partition coefficient (Wildman–Crippen LogP) is 4.99. The Morgan fingerprint density at radius 2 is 1.15 bits per heavy atom. The first-order valence-corrected chi connectivity index (χ1v) is 6.00. The van der Waals surface area contributed by atoms with E-state index in [-0.39, 0.29) is 0 Å². The molecule has 0 aromatic carbocycles. The Morgan fingerprint density at radius 3 is 1.23 bits per heavy atom. The molecule has 0 saturated heterocycles. The molecule has 0 radical (unpaired) electrons. The van der Waals surface area contributed by atoms with Crippen LogP contribution in [0.3, 0.4) is 0 Å². The first kappa shape index (κ1) is 15.5. The molecule has 0 heterocycles. The lowest BCUT2D eigenvalue weighted by molar-refractivity contribution is 0.208. The Balaban J connectivity index is 0. The molecule has 0 N–H and O–H groups in total. The molecular weight excluding hydrogens is 156 g/mol. The monoisotopic (exact) mass is 186 g/mol. The van der Waals surface area contributed by atoms with Crippen molar-refractivity contribution in [3.63, 3.8) is 0 Å². The first-order chi connectivity index (χ1) is 6.00. The van der Waals surface area contributed by atoms with Crippen molar-refractivity contribution in [2.45, 2.75) is 61.8 Å². The highest BCUT2D eigenvalue weighted by molar-refractivity contribution is 4.70. The van der Waals surface area contributed by atoms with Crippen LogP contribution in [0.5, 0.6) is 0 Å². The standard InChI is InChI=1S/C11H24.C2H6/c1-7-11(9(4)5)10(6)8(2)3;1-2/h8-11H,7H2,1-6H3;1-2H3. The van der Waals surface area contributed by atoms with Gasteiger partial charge in [-0.25, -0.2) is 0 Å². The van der Waals surface area contributed by atoms with Crippen molar-refractivity contribution in [3.8, 4) is 0 Å². The SMILES string of the molecule is CC.CCC(C(C)C)C(C)C(C)C. The van der Waals surface area contributed by atoms with E-state index in [1.54, 1.807) is 0 Å². The maximum absolute atomic E-state index is 2.39. The molecule has 2 unspecified atom stereocenters. The average Bonchev–Trinajstić information content (AvgIpc) is 2.08. The summed E-state index contributed by atoms with van der Waals surface area (Å²) in [5, 5.41) is 0. The quantitative estimate of drug-likeness (QED) is 0.580. The predicted molar refractivity (Wildman–Crippen MR) is 64.0 cm³/mol. The van der Waals surface area contributed by atoms with E-state index < -0.39 is 0 Å². The van der Waals surface area contributed by atoms with Gasteiger partial charge >= 0.3 is 0 Å². The van der Waals surface area contributed by atoms with Gasteiger partial charge in [-0.2, -0.15) is 0 Å². The zero-order chi connectivity index (χ0) is 11.0. The highest BCUT2D eigenvalue weighted by Gasteiger charge is 2.20. The molecule has 0 rings (SSSR count). The van der Waals surface area contributed by atoms with Crippen molar-refractivity contribution in [2.75, 3.05) is 0 Å². The summed E-state index contributed by atoms with van der Waals surface area (Å²) in [6.45, 7) is 18.0. The van der Waals surface area contributed by atoms with E-state index in [0.717, 1.165) is 23.7 Å². The molecule has 0 amide bonds. The molecule has 13 heavy (non-hydrogen) atoms. The third-order valence-electron chi connectivity index (χ3n) is 3.05. The minimum Gasteiger partial charge on any atom is -0.0683 e. The topological polar surface area (TPSA) is 0 Å². The van der Waals surface area contributed by atoms with Gasteiger partial charge in [0.2, 0.25) is 0 Å². The van der Waals surface area contributed by atoms with E-state index >= 15 is 0 Å². The summed E-state index contributed by atoms with van der Waals surface area (Å²) in [5.41, 5.74) is 0. The Morgan fingerprint density at radius 1 is 0.769 bits per heavy atom. The van der Waals surface area contributed by atoms with Gasteiger partial charge in [0.15, 0.2) is 0 Å². The fraction of sp³-hybridized carbons (Fsp3) is 1.00. The lowest BCUT2D eigenvalue weighted by Crippen LogP contribution is -2.21. The third kappa shape index (κ3) is 6.12. The van der Waals surface area contributed by atoms with Crippen LogP contribution in [0.2, 0.25) is 0 Å². The molecule has 0 aromatic heterocycles. The minimum absolute atomic E-state index is 0.836. The van der Waals surface area contributed by atoms with Crippen molar-refractivity contribution < 1.29 is 0 Å². The van der Waals surface area contributed by atoms with E-state index in [4.69, 9.17) is 0 Å². The number of rotatable bonds is 4. The molecule has 0 spiro atoms. The van der Waals surface area contributed by atoms with Gasteiger partial charge in [-0.15, -0.1) is 0 Å². The summed E-state index contributed by atoms with van der Waals surface area (Å²) in [6, 6.07) is 0. The number of hydrogen-bond donors (Lipinski definition) is 0. The average molecular weight is 186 g/mol. The van der Waals surface area contributed by atoms with E-state index in [1.807, 2.05) is 13.8 Å². The summed E-state index contributed by atoms with van der Waals surface area (Å²) in [6.07, 6.45) is 1.33. The fourth-order valence-electron chi connectivity index (χ4n) is 1.94. The normalized spacial score (nSPS) is 15.2.